The van der Waals surface area contributed by atoms with E-state index in [4.69, 9.17) is 10.5 Å². The van der Waals surface area contributed by atoms with Crippen molar-refractivity contribution in [3.8, 4) is 5.75 Å². The van der Waals surface area contributed by atoms with Gasteiger partial charge in [-0.2, -0.15) is 0 Å². The van der Waals surface area contributed by atoms with Crippen molar-refractivity contribution >= 4 is 11.4 Å². The summed E-state index contributed by atoms with van der Waals surface area (Å²) in [5.41, 5.74) is 8.06. The first-order chi connectivity index (χ1) is 9.76. The second-order valence-electron chi connectivity index (χ2n) is 6.23. The molecule has 2 aliphatic rings. The molecular formula is C17H26N2O. The van der Waals surface area contributed by atoms with E-state index in [9.17, 15) is 0 Å². The molecule has 0 bridgehead atoms. The van der Waals surface area contributed by atoms with Crippen molar-refractivity contribution in [2.75, 3.05) is 30.3 Å². The van der Waals surface area contributed by atoms with Crippen LogP contribution in [0.5, 0.6) is 5.75 Å². The Bertz CT molecular complexity index is 460. The third-order valence-corrected chi connectivity index (χ3v) is 4.88. The fourth-order valence-corrected chi connectivity index (χ4v) is 3.87. The number of anilines is 2. The predicted molar refractivity (Wildman–Crippen MR) is 84.3 cm³/mol. The predicted octanol–water partition coefficient (Wildman–Crippen LogP) is 3.68. The van der Waals surface area contributed by atoms with E-state index >= 15 is 0 Å². The maximum atomic E-state index is 6.02. The van der Waals surface area contributed by atoms with Gasteiger partial charge in [0.15, 0.2) is 0 Å². The first-order valence-electron chi connectivity index (χ1n) is 8.04. The topological polar surface area (TPSA) is 38.5 Å². The highest BCUT2D eigenvalue weighted by Gasteiger charge is 2.31. The lowest BCUT2D eigenvalue weighted by molar-refractivity contribution is 0.202. The van der Waals surface area contributed by atoms with Crippen LogP contribution >= 0.6 is 0 Å². The summed E-state index contributed by atoms with van der Waals surface area (Å²) >= 11 is 0. The molecule has 0 aromatic heterocycles. The van der Waals surface area contributed by atoms with Crippen LogP contribution in [0, 0.1) is 11.8 Å². The lowest BCUT2D eigenvalue weighted by atomic mass is 9.75. The molecule has 1 saturated carbocycles. The normalized spacial score (nSPS) is 26.1. The van der Waals surface area contributed by atoms with Gasteiger partial charge < -0.3 is 15.4 Å². The van der Waals surface area contributed by atoms with Crippen molar-refractivity contribution in [1.29, 1.82) is 0 Å². The van der Waals surface area contributed by atoms with E-state index in [1.54, 1.807) is 0 Å². The Morgan fingerprint density at radius 2 is 1.95 bits per heavy atom. The van der Waals surface area contributed by atoms with E-state index in [-0.39, 0.29) is 0 Å². The monoisotopic (exact) mass is 274 g/mol. The van der Waals surface area contributed by atoms with Gasteiger partial charge in [0, 0.05) is 36.6 Å². The van der Waals surface area contributed by atoms with Crippen LogP contribution < -0.4 is 15.4 Å². The molecule has 0 amide bonds. The van der Waals surface area contributed by atoms with Crippen LogP contribution in [0.1, 0.15) is 39.0 Å². The quantitative estimate of drug-likeness (QED) is 0.854. The first-order valence-corrected chi connectivity index (χ1v) is 8.04. The minimum Gasteiger partial charge on any atom is -0.494 e. The van der Waals surface area contributed by atoms with Gasteiger partial charge >= 0.3 is 0 Å². The maximum absolute atomic E-state index is 6.02. The van der Waals surface area contributed by atoms with Crippen molar-refractivity contribution in [3.05, 3.63) is 18.2 Å². The van der Waals surface area contributed by atoms with Crippen LogP contribution in [-0.2, 0) is 0 Å². The molecule has 2 atom stereocenters. The van der Waals surface area contributed by atoms with Gasteiger partial charge in [-0.15, -0.1) is 0 Å². The molecule has 20 heavy (non-hydrogen) atoms. The fraction of sp³-hybridized carbons (Fsp3) is 0.647. The molecule has 2 N–H and O–H groups in total. The number of nitrogen functional groups attached to an aromatic ring is 1. The number of piperidine rings is 1. The molecule has 1 aromatic carbocycles. The molecular weight excluding hydrogens is 248 g/mol. The van der Waals surface area contributed by atoms with Crippen LogP contribution in [-0.4, -0.2) is 19.7 Å². The summed E-state index contributed by atoms with van der Waals surface area (Å²) in [5.74, 6) is 2.75. The second kappa shape index (κ2) is 5.94. The molecule has 2 fully saturated rings. The zero-order chi connectivity index (χ0) is 13.9. The second-order valence-corrected chi connectivity index (χ2v) is 6.23. The fourth-order valence-electron chi connectivity index (χ4n) is 3.87. The average Bonchev–Trinajstić information content (AvgIpc) is 2.46. The Hall–Kier alpha value is -1.38. The zero-order valence-corrected chi connectivity index (χ0v) is 12.5. The number of ether oxygens (including phenoxy) is 1. The van der Waals surface area contributed by atoms with Gasteiger partial charge in [0.2, 0.25) is 0 Å². The molecule has 1 aliphatic carbocycles. The number of rotatable bonds is 3. The summed E-state index contributed by atoms with van der Waals surface area (Å²) in [6, 6.07) is 6.15. The number of benzene rings is 1. The number of nitrogens with two attached hydrogens (primary N) is 1. The summed E-state index contributed by atoms with van der Waals surface area (Å²) in [5, 5.41) is 0. The Morgan fingerprint density at radius 1 is 1.15 bits per heavy atom. The summed E-state index contributed by atoms with van der Waals surface area (Å²) in [4.78, 5) is 2.51. The van der Waals surface area contributed by atoms with Crippen LogP contribution in [0.4, 0.5) is 11.4 Å². The van der Waals surface area contributed by atoms with Gasteiger partial charge in [-0.05, 0) is 37.7 Å². The summed E-state index contributed by atoms with van der Waals surface area (Å²) < 4.78 is 5.62. The highest BCUT2D eigenvalue weighted by molar-refractivity contribution is 5.60. The molecule has 1 aromatic rings. The molecule has 3 nitrogen and oxygen atoms in total. The third kappa shape index (κ3) is 2.87. The number of nitrogens with zero attached hydrogens (tertiary/aromatic N) is 1. The molecule has 110 valence electrons. The van der Waals surface area contributed by atoms with Crippen LogP contribution in [0.2, 0.25) is 0 Å². The Morgan fingerprint density at radius 3 is 2.75 bits per heavy atom. The van der Waals surface area contributed by atoms with Crippen LogP contribution in [0.25, 0.3) is 0 Å². The van der Waals surface area contributed by atoms with Gasteiger partial charge in [0.05, 0.1) is 6.61 Å². The van der Waals surface area contributed by atoms with Crippen molar-refractivity contribution in [1.82, 2.24) is 0 Å². The molecule has 1 aliphatic heterocycles. The lowest BCUT2D eigenvalue weighted by Gasteiger charge is -2.42. The highest BCUT2D eigenvalue weighted by atomic mass is 16.5. The van der Waals surface area contributed by atoms with Crippen LogP contribution in [0.3, 0.4) is 0 Å². The summed E-state index contributed by atoms with van der Waals surface area (Å²) in [6.07, 6.45) is 7.04. The van der Waals surface area contributed by atoms with Gasteiger partial charge in [-0.1, -0.05) is 19.3 Å². The number of hydrogen-bond donors (Lipinski definition) is 1. The highest BCUT2D eigenvalue weighted by Crippen LogP contribution is 2.38. The minimum absolute atomic E-state index is 0.688. The Kier molecular flexibility index (Phi) is 4.04. The maximum Gasteiger partial charge on any atom is 0.123 e. The van der Waals surface area contributed by atoms with E-state index in [2.05, 4.69) is 17.0 Å². The van der Waals surface area contributed by atoms with E-state index in [1.807, 2.05) is 13.0 Å². The zero-order valence-electron chi connectivity index (χ0n) is 12.5. The van der Waals surface area contributed by atoms with Crippen LogP contribution in [0.15, 0.2) is 18.2 Å². The first kappa shape index (κ1) is 13.6. The van der Waals surface area contributed by atoms with Crippen molar-refractivity contribution in [2.24, 2.45) is 11.8 Å². The molecule has 0 radical (unpaired) electrons. The van der Waals surface area contributed by atoms with E-state index in [0.717, 1.165) is 29.8 Å². The Labute approximate surface area is 122 Å². The summed E-state index contributed by atoms with van der Waals surface area (Å²) in [6.45, 7) is 5.06. The van der Waals surface area contributed by atoms with Crippen molar-refractivity contribution < 1.29 is 4.74 Å². The van der Waals surface area contributed by atoms with Gasteiger partial charge in [0.25, 0.3) is 0 Å². The molecule has 0 spiro atoms. The largest absolute Gasteiger partial charge is 0.494 e. The smallest absolute Gasteiger partial charge is 0.123 e. The van der Waals surface area contributed by atoms with E-state index < -0.39 is 0 Å². The van der Waals surface area contributed by atoms with Gasteiger partial charge in [0.1, 0.15) is 5.75 Å². The standard InChI is InChI=1S/C17H26N2O/c1-2-20-17-10-15(18)9-16(11-17)19-8-7-13-5-3-4-6-14(13)12-19/h9-11,13-14H,2-8,12,18H2,1H3. The SMILES string of the molecule is CCOc1cc(N)cc(N2CCC3CCCCC3C2)c1. The van der Waals surface area contributed by atoms with Gasteiger partial charge in [-0.25, -0.2) is 0 Å². The molecule has 1 saturated heterocycles. The average molecular weight is 274 g/mol. The van der Waals surface area contributed by atoms with Gasteiger partial charge in [-0.3, -0.25) is 0 Å². The summed E-state index contributed by atoms with van der Waals surface area (Å²) in [7, 11) is 0. The van der Waals surface area contributed by atoms with Crippen molar-refractivity contribution in [3.63, 3.8) is 0 Å². The molecule has 3 rings (SSSR count). The molecule has 3 heteroatoms. The third-order valence-electron chi connectivity index (χ3n) is 4.88. The lowest BCUT2D eigenvalue weighted by Crippen LogP contribution is -2.41. The molecule has 2 unspecified atom stereocenters. The molecule has 1 heterocycles. The number of hydrogen-bond acceptors (Lipinski definition) is 3. The Balaban J connectivity index is 1.75. The number of fused-ring (bicyclic) bond motifs is 1. The van der Waals surface area contributed by atoms with Crippen molar-refractivity contribution in [2.45, 2.75) is 39.0 Å². The van der Waals surface area contributed by atoms with E-state index in [1.165, 1.54) is 44.3 Å². The van der Waals surface area contributed by atoms with E-state index in [0.29, 0.717) is 6.61 Å². The minimum atomic E-state index is 0.688.